The zero-order valence-electron chi connectivity index (χ0n) is 16.5. The zero-order valence-corrected chi connectivity index (χ0v) is 16.5. The van der Waals surface area contributed by atoms with Crippen molar-refractivity contribution in [1.82, 2.24) is 24.5 Å². The SMILES string of the molecule is Cc1nn(CC(=O)Nc2ccn(Cc3ccccc3F)n2)c2nccc(C3CC3)c12. The highest BCUT2D eigenvalue weighted by molar-refractivity contribution is 5.91. The number of rotatable bonds is 6. The minimum atomic E-state index is -0.280. The van der Waals surface area contributed by atoms with Gasteiger partial charge in [-0.15, -0.1) is 0 Å². The first-order valence-electron chi connectivity index (χ1n) is 9.97. The van der Waals surface area contributed by atoms with Crippen molar-refractivity contribution >= 4 is 22.8 Å². The quantitative estimate of drug-likeness (QED) is 0.532. The number of pyridine rings is 1. The van der Waals surface area contributed by atoms with Crippen molar-refractivity contribution in [3.05, 3.63) is 71.4 Å². The van der Waals surface area contributed by atoms with Crippen molar-refractivity contribution in [2.45, 2.75) is 38.8 Å². The van der Waals surface area contributed by atoms with Gasteiger partial charge < -0.3 is 5.32 Å². The summed E-state index contributed by atoms with van der Waals surface area (Å²) < 4.78 is 17.0. The fourth-order valence-corrected chi connectivity index (χ4v) is 3.79. The molecule has 1 saturated carbocycles. The molecule has 1 amide bonds. The first-order chi connectivity index (χ1) is 14.6. The molecule has 1 N–H and O–H groups in total. The second-order valence-electron chi connectivity index (χ2n) is 7.65. The molecule has 0 saturated heterocycles. The Morgan fingerprint density at radius 2 is 2.03 bits per heavy atom. The number of benzene rings is 1. The van der Waals surface area contributed by atoms with Crippen LogP contribution >= 0.6 is 0 Å². The lowest BCUT2D eigenvalue weighted by Crippen LogP contribution is -2.20. The van der Waals surface area contributed by atoms with Crippen LogP contribution in [0.2, 0.25) is 0 Å². The standard InChI is InChI=1S/C22H21FN6O/c1-14-21-17(15-6-7-15)8-10-24-22(21)29(26-14)13-20(30)25-19-9-11-28(27-19)12-16-4-2-3-5-18(16)23/h2-5,8-11,15H,6-7,12-13H2,1H3,(H,25,27,30). The molecular weight excluding hydrogens is 383 g/mol. The second-order valence-corrected chi connectivity index (χ2v) is 7.65. The van der Waals surface area contributed by atoms with E-state index in [4.69, 9.17) is 0 Å². The summed E-state index contributed by atoms with van der Waals surface area (Å²) in [4.78, 5) is 17.0. The Balaban J connectivity index is 1.30. The topological polar surface area (TPSA) is 77.6 Å². The fourth-order valence-electron chi connectivity index (χ4n) is 3.79. The molecule has 5 rings (SSSR count). The van der Waals surface area contributed by atoms with Crippen molar-refractivity contribution in [3.63, 3.8) is 0 Å². The number of anilines is 1. The molecule has 3 aromatic heterocycles. The van der Waals surface area contributed by atoms with E-state index < -0.39 is 0 Å². The van der Waals surface area contributed by atoms with Gasteiger partial charge in [0.25, 0.3) is 0 Å². The maximum absolute atomic E-state index is 13.8. The Bertz CT molecular complexity index is 1240. The van der Waals surface area contributed by atoms with Gasteiger partial charge in [0, 0.05) is 29.4 Å². The zero-order chi connectivity index (χ0) is 20.7. The molecular formula is C22H21FN6O. The normalized spacial score (nSPS) is 13.7. The van der Waals surface area contributed by atoms with Crippen LogP contribution in [0, 0.1) is 12.7 Å². The molecule has 1 aliphatic carbocycles. The molecule has 0 bridgehead atoms. The number of hydrogen-bond acceptors (Lipinski definition) is 4. The Morgan fingerprint density at radius 1 is 1.20 bits per heavy atom. The van der Waals surface area contributed by atoms with E-state index in [1.807, 2.05) is 6.92 Å². The fraction of sp³-hybridized carbons (Fsp3) is 0.273. The first kappa shape index (κ1) is 18.5. The second kappa shape index (κ2) is 7.37. The van der Waals surface area contributed by atoms with E-state index in [1.54, 1.807) is 46.0 Å². The molecule has 0 aliphatic heterocycles. The van der Waals surface area contributed by atoms with Crippen LogP contribution in [0.15, 0.2) is 48.8 Å². The molecule has 1 fully saturated rings. The molecule has 4 aromatic rings. The summed E-state index contributed by atoms with van der Waals surface area (Å²) >= 11 is 0. The number of aryl methyl sites for hydroxylation is 1. The third-order valence-electron chi connectivity index (χ3n) is 5.35. The van der Waals surface area contributed by atoms with Crippen LogP contribution in [0.1, 0.15) is 35.6 Å². The van der Waals surface area contributed by atoms with Crippen LogP contribution in [-0.4, -0.2) is 30.5 Å². The Morgan fingerprint density at radius 3 is 2.83 bits per heavy atom. The summed E-state index contributed by atoms with van der Waals surface area (Å²) in [5.74, 6) is 0.474. The van der Waals surface area contributed by atoms with Gasteiger partial charge in [-0.1, -0.05) is 18.2 Å². The first-order valence-corrected chi connectivity index (χ1v) is 9.97. The average molecular weight is 404 g/mol. The number of nitrogens with one attached hydrogen (secondary N) is 1. The van der Waals surface area contributed by atoms with E-state index in [2.05, 4.69) is 26.6 Å². The molecule has 1 aliphatic rings. The summed E-state index contributed by atoms with van der Waals surface area (Å²) in [6.07, 6.45) is 5.88. The molecule has 0 unspecified atom stereocenters. The molecule has 7 nitrogen and oxygen atoms in total. The van der Waals surface area contributed by atoms with E-state index >= 15 is 0 Å². The van der Waals surface area contributed by atoms with Gasteiger partial charge in [-0.3, -0.25) is 9.48 Å². The minimum Gasteiger partial charge on any atom is -0.308 e. The lowest BCUT2D eigenvalue weighted by atomic mass is 10.1. The van der Waals surface area contributed by atoms with Crippen LogP contribution in [0.25, 0.3) is 11.0 Å². The van der Waals surface area contributed by atoms with Gasteiger partial charge in [0.05, 0.1) is 12.2 Å². The van der Waals surface area contributed by atoms with Crippen molar-refractivity contribution in [3.8, 4) is 0 Å². The Labute approximate surface area is 172 Å². The number of carbonyl (C=O) groups is 1. The van der Waals surface area contributed by atoms with Gasteiger partial charge in [0.2, 0.25) is 5.91 Å². The van der Waals surface area contributed by atoms with E-state index in [0.717, 1.165) is 16.7 Å². The lowest BCUT2D eigenvalue weighted by Gasteiger charge is -2.05. The van der Waals surface area contributed by atoms with Crippen molar-refractivity contribution in [2.75, 3.05) is 5.32 Å². The number of hydrogen-bond donors (Lipinski definition) is 1. The van der Waals surface area contributed by atoms with Gasteiger partial charge in [0.1, 0.15) is 12.4 Å². The highest BCUT2D eigenvalue weighted by Crippen LogP contribution is 2.43. The van der Waals surface area contributed by atoms with Gasteiger partial charge >= 0.3 is 0 Å². The average Bonchev–Trinajstić information content (AvgIpc) is 3.41. The summed E-state index contributed by atoms with van der Waals surface area (Å²) in [5, 5.41) is 12.7. The predicted octanol–water partition coefficient (Wildman–Crippen LogP) is 3.64. The van der Waals surface area contributed by atoms with Crippen molar-refractivity contribution < 1.29 is 9.18 Å². The van der Waals surface area contributed by atoms with E-state index in [-0.39, 0.29) is 18.3 Å². The highest BCUT2D eigenvalue weighted by Gasteiger charge is 2.27. The number of halogens is 1. The molecule has 30 heavy (non-hydrogen) atoms. The molecule has 1 aromatic carbocycles. The smallest absolute Gasteiger partial charge is 0.247 e. The van der Waals surface area contributed by atoms with Gasteiger partial charge in [-0.05, 0) is 43.4 Å². The Kier molecular flexibility index (Phi) is 4.54. The summed E-state index contributed by atoms with van der Waals surface area (Å²) in [6, 6.07) is 10.3. The van der Waals surface area contributed by atoms with Crippen LogP contribution in [0.4, 0.5) is 10.2 Å². The summed E-state index contributed by atoms with van der Waals surface area (Å²) in [5.41, 5.74) is 3.43. The number of carbonyl (C=O) groups excluding carboxylic acids is 1. The number of amides is 1. The van der Waals surface area contributed by atoms with Crippen LogP contribution < -0.4 is 5.32 Å². The van der Waals surface area contributed by atoms with Crippen LogP contribution in [0.5, 0.6) is 0 Å². The molecule has 3 heterocycles. The van der Waals surface area contributed by atoms with E-state index in [9.17, 15) is 9.18 Å². The lowest BCUT2D eigenvalue weighted by molar-refractivity contribution is -0.116. The molecule has 0 atom stereocenters. The van der Waals surface area contributed by atoms with Crippen LogP contribution in [0.3, 0.4) is 0 Å². The van der Waals surface area contributed by atoms with Gasteiger partial charge in [-0.2, -0.15) is 10.2 Å². The maximum Gasteiger partial charge on any atom is 0.247 e. The van der Waals surface area contributed by atoms with E-state index in [1.165, 1.54) is 24.5 Å². The van der Waals surface area contributed by atoms with Gasteiger partial charge in [0.15, 0.2) is 11.5 Å². The summed E-state index contributed by atoms with van der Waals surface area (Å²) in [7, 11) is 0. The number of nitrogens with zero attached hydrogens (tertiary/aromatic N) is 5. The molecule has 152 valence electrons. The molecule has 0 spiro atoms. The maximum atomic E-state index is 13.8. The highest BCUT2D eigenvalue weighted by atomic mass is 19.1. The third-order valence-corrected chi connectivity index (χ3v) is 5.35. The largest absolute Gasteiger partial charge is 0.308 e. The summed E-state index contributed by atoms with van der Waals surface area (Å²) in [6.45, 7) is 2.29. The van der Waals surface area contributed by atoms with Crippen molar-refractivity contribution in [1.29, 1.82) is 0 Å². The minimum absolute atomic E-state index is 0.0473. The predicted molar refractivity (Wildman–Crippen MR) is 111 cm³/mol. The van der Waals surface area contributed by atoms with E-state index in [0.29, 0.717) is 23.8 Å². The monoisotopic (exact) mass is 404 g/mol. The van der Waals surface area contributed by atoms with Crippen LogP contribution in [-0.2, 0) is 17.9 Å². The molecule has 8 heteroatoms. The van der Waals surface area contributed by atoms with Gasteiger partial charge in [-0.25, -0.2) is 14.1 Å². The molecule has 0 radical (unpaired) electrons. The van der Waals surface area contributed by atoms with Crippen molar-refractivity contribution in [2.24, 2.45) is 0 Å². The number of fused-ring (bicyclic) bond motifs is 1. The number of aromatic nitrogens is 5. The third kappa shape index (κ3) is 3.56. The Hall–Kier alpha value is -3.55.